The highest BCUT2D eigenvalue weighted by molar-refractivity contribution is 6.34. The minimum absolute atomic E-state index is 0.132. The molecule has 1 aromatic heterocycles. The zero-order chi connectivity index (χ0) is 22.1. The average Bonchev–Trinajstić information content (AvgIpc) is 2.69. The molecule has 0 fully saturated rings. The number of aromatic amines is 1. The summed E-state index contributed by atoms with van der Waals surface area (Å²) in [5.74, 6) is -0.682. The summed E-state index contributed by atoms with van der Waals surface area (Å²) in [5, 5.41) is 2.01. The van der Waals surface area contributed by atoms with Crippen LogP contribution in [-0.4, -0.2) is 22.6 Å². The molecule has 0 atom stereocenters. The van der Waals surface area contributed by atoms with Gasteiger partial charge >= 0.3 is 11.9 Å². The fraction of sp³-hybridized carbons (Fsp3) is 0.105. The molecule has 0 radical (unpaired) electrons. The number of carbonyl (C=O) groups is 1. The van der Waals surface area contributed by atoms with Crippen molar-refractivity contribution in [2.75, 3.05) is 12.4 Å². The van der Waals surface area contributed by atoms with E-state index in [2.05, 4.69) is 10.3 Å². The van der Waals surface area contributed by atoms with Crippen molar-refractivity contribution >= 4 is 23.2 Å². The zero-order valence-corrected chi connectivity index (χ0v) is 16.0. The van der Waals surface area contributed by atoms with Gasteiger partial charge in [0.2, 0.25) is 0 Å². The van der Waals surface area contributed by atoms with Crippen LogP contribution in [0.15, 0.2) is 58.3 Å². The second-order valence-corrected chi connectivity index (χ2v) is 6.40. The lowest BCUT2D eigenvalue weighted by Crippen LogP contribution is -2.38. The van der Waals surface area contributed by atoms with E-state index in [-0.39, 0.29) is 16.4 Å². The molecule has 0 spiro atoms. The Morgan fingerprint density at radius 1 is 1.17 bits per heavy atom. The number of ether oxygens (including phenoxy) is 1. The van der Waals surface area contributed by atoms with Crippen molar-refractivity contribution in [3.05, 3.63) is 85.6 Å². The number of alkyl halides is 3. The van der Waals surface area contributed by atoms with Gasteiger partial charge in [0.05, 0.1) is 29.1 Å². The molecule has 2 N–H and O–H groups in total. The predicted octanol–water partition coefficient (Wildman–Crippen LogP) is 3.46. The molecule has 0 aliphatic rings. The Bertz CT molecular complexity index is 1230. The molecular weight excluding hydrogens is 427 g/mol. The molecule has 1 amide bonds. The van der Waals surface area contributed by atoms with E-state index in [1.165, 1.54) is 25.3 Å². The van der Waals surface area contributed by atoms with Crippen molar-refractivity contribution in [1.82, 2.24) is 9.55 Å². The number of benzene rings is 2. The van der Waals surface area contributed by atoms with Gasteiger partial charge in [0, 0.05) is 12.3 Å². The zero-order valence-electron chi connectivity index (χ0n) is 15.2. The van der Waals surface area contributed by atoms with Crippen LogP contribution in [0.4, 0.5) is 18.9 Å². The number of anilines is 1. The molecule has 1 heterocycles. The number of H-pyrrole nitrogens is 1. The Hall–Kier alpha value is -3.53. The van der Waals surface area contributed by atoms with Crippen LogP contribution in [0, 0.1) is 0 Å². The number of hydrogen-bond donors (Lipinski definition) is 2. The van der Waals surface area contributed by atoms with E-state index in [1.807, 2.05) is 0 Å². The van der Waals surface area contributed by atoms with Gasteiger partial charge in [-0.2, -0.15) is 13.2 Å². The standard InChI is InChI=1S/C19H13ClF3N3O4/c1-30-12-4-2-3-11(8-12)26-17(28)13(9-24-18(26)29)16(27)25-15-7-10(19(21,22)23)5-6-14(15)20/h2-9H,1H3,(H,24,29)(H,25,27). The summed E-state index contributed by atoms with van der Waals surface area (Å²) >= 11 is 5.87. The van der Waals surface area contributed by atoms with Crippen LogP contribution in [0.5, 0.6) is 5.75 Å². The second kappa shape index (κ2) is 8.07. The molecule has 30 heavy (non-hydrogen) atoms. The van der Waals surface area contributed by atoms with Gasteiger partial charge in [0.1, 0.15) is 11.3 Å². The summed E-state index contributed by atoms with van der Waals surface area (Å²) in [7, 11) is 1.40. The van der Waals surface area contributed by atoms with Gasteiger partial charge in [0.25, 0.3) is 11.5 Å². The minimum atomic E-state index is -4.65. The molecule has 0 saturated carbocycles. The molecule has 3 aromatic rings. The number of rotatable bonds is 4. The maximum Gasteiger partial charge on any atom is 0.416 e. The Morgan fingerprint density at radius 3 is 2.57 bits per heavy atom. The van der Waals surface area contributed by atoms with Crippen LogP contribution < -0.4 is 21.3 Å². The lowest BCUT2D eigenvalue weighted by Gasteiger charge is -2.12. The lowest BCUT2D eigenvalue weighted by atomic mass is 10.2. The fourth-order valence-electron chi connectivity index (χ4n) is 2.61. The second-order valence-electron chi connectivity index (χ2n) is 6.00. The molecule has 0 bridgehead atoms. The summed E-state index contributed by atoms with van der Waals surface area (Å²) < 4.78 is 44.5. The fourth-order valence-corrected chi connectivity index (χ4v) is 2.77. The van der Waals surface area contributed by atoms with Crippen molar-refractivity contribution in [2.45, 2.75) is 6.18 Å². The van der Waals surface area contributed by atoms with Gasteiger partial charge in [0.15, 0.2) is 0 Å². The van der Waals surface area contributed by atoms with Crippen LogP contribution in [0.25, 0.3) is 5.69 Å². The van der Waals surface area contributed by atoms with Crippen LogP contribution in [0.2, 0.25) is 5.02 Å². The van der Waals surface area contributed by atoms with Crippen molar-refractivity contribution in [2.24, 2.45) is 0 Å². The highest BCUT2D eigenvalue weighted by atomic mass is 35.5. The monoisotopic (exact) mass is 439 g/mol. The first kappa shape index (κ1) is 21.2. The van der Waals surface area contributed by atoms with E-state index >= 15 is 0 Å². The van der Waals surface area contributed by atoms with Gasteiger partial charge in [-0.3, -0.25) is 9.59 Å². The highest BCUT2D eigenvalue weighted by Crippen LogP contribution is 2.33. The topological polar surface area (TPSA) is 93.2 Å². The Morgan fingerprint density at radius 2 is 1.90 bits per heavy atom. The molecule has 0 aliphatic carbocycles. The molecule has 11 heteroatoms. The van der Waals surface area contributed by atoms with E-state index in [4.69, 9.17) is 16.3 Å². The van der Waals surface area contributed by atoms with Gasteiger partial charge in [-0.25, -0.2) is 9.36 Å². The highest BCUT2D eigenvalue weighted by Gasteiger charge is 2.31. The van der Waals surface area contributed by atoms with E-state index in [0.717, 1.165) is 18.3 Å². The normalized spacial score (nSPS) is 11.2. The number of carbonyl (C=O) groups excluding carboxylic acids is 1. The first-order valence-electron chi connectivity index (χ1n) is 8.29. The summed E-state index contributed by atoms with van der Waals surface area (Å²) in [6, 6.07) is 8.36. The number of amides is 1. The maximum atomic E-state index is 12.9. The van der Waals surface area contributed by atoms with E-state index in [0.29, 0.717) is 16.4 Å². The molecule has 3 rings (SSSR count). The number of nitrogens with zero attached hydrogens (tertiary/aromatic N) is 1. The number of halogens is 4. The predicted molar refractivity (Wildman–Crippen MR) is 104 cm³/mol. The third kappa shape index (κ3) is 4.23. The number of aromatic nitrogens is 2. The van der Waals surface area contributed by atoms with Crippen molar-refractivity contribution in [3.63, 3.8) is 0 Å². The van der Waals surface area contributed by atoms with Crippen LogP contribution in [0.3, 0.4) is 0 Å². The van der Waals surface area contributed by atoms with Crippen LogP contribution >= 0.6 is 11.6 Å². The third-order valence-corrected chi connectivity index (χ3v) is 4.40. The van der Waals surface area contributed by atoms with E-state index < -0.39 is 34.5 Å². The molecule has 2 aromatic carbocycles. The summed E-state index contributed by atoms with van der Waals surface area (Å²) in [4.78, 5) is 39.7. The number of nitrogens with one attached hydrogen (secondary N) is 2. The van der Waals surface area contributed by atoms with Crippen LogP contribution in [-0.2, 0) is 6.18 Å². The maximum absolute atomic E-state index is 12.9. The number of hydrogen-bond acceptors (Lipinski definition) is 4. The third-order valence-electron chi connectivity index (χ3n) is 4.07. The van der Waals surface area contributed by atoms with Gasteiger partial charge in [-0.15, -0.1) is 0 Å². The first-order chi connectivity index (χ1) is 14.1. The lowest BCUT2D eigenvalue weighted by molar-refractivity contribution is -0.137. The van der Waals surface area contributed by atoms with Gasteiger partial charge in [-0.1, -0.05) is 17.7 Å². The van der Waals surface area contributed by atoms with Crippen LogP contribution in [0.1, 0.15) is 15.9 Å². The first-order valence-corrected chi connectivity index (χ1v) is 8.67. The minimum Gasteiger partial charge on any atom is -0.497 e. The average molecular weight is 440 g/mol. The Kier molecular flexibility index (Phi) is 5.70. The summed E-state index contributed by atoms with van der Waals surface area (Å²) in [5.41, 5.74) is -3.54. The molecule has 0 saturated heterocycles. The van der Waals surface area contributed by atoms with E-state index in [1.54, 1.807) is 6.07 Å². The summed E-state index contributed by atoms with van der Waals surface area (Å²) in [6.45, 7) is 0. The smallest absolute Gasteiger partial charge is 0.416 e. The quantitative estimate of drug-likeness (QED) is 0.651. The molecule has 156 valence electrons. The van der Waals surface area contributed by atoms with E-state index in [9.17, 15) is 27.6 Å². The Balaban J connectivity index is 2.03. The summed E-state index contributed by atoms with van der Waals surface area (Å²) in [6.07, 6.45) is -3.78. The van der Waals surface area contributed by atoms with Gasteiger partial charge < -0.3 is 15.0 Å². The molecule has 0 aliphatic heterocycles. The van der Waals surface area contributed by atoms with Crippen molar-refractivity contribution in [3.8, 4) is 11.4 Å². The number of methoxy groups -OCH3 is 1. The van der Waals surface area contributed by atoms with Crippen molar-refractivity contribution < 1.29 is 22.7 Å². The molecular formula is C19H13ClF3N3O4. The Labute approximate surface area is 171 Å². The van der Waals surface area contributed by atoms with Gasteiger partial charge in [-0.05, 0) is 30.3 Å². The SMILES string of the molecule is COc1cccc(-n2c(=O)[nH]cc(C(=O)Nc3cc(C(F)(F)F)ccc3Cl)c2=O)c1. The molecule has 7 nitrogen and oxygen atoms in total. The largest absolute Gasteiger partial charge is 0.497 e. The van der Waals surface area contributed by atoms with Crippen molar-refractivity contribution in [1.29, 1.82) is 0 Å². The molecule has 0 unspecified atom stereocenters.